The van der Waals surface area contributed by atoms with E-state index in [4.69, 9.17) is 0 Å². The molecule has 0 heterocycles. The lowest BCUT2D eigenvalue weighted by atomic mass is 9.77. The summed E-state index contributed by atoms with van der Waals surface area (Å²) in [6, 6.07) is 24.0. The third-order valence-electron chi connectivity index (χ3n) is 7.59. The fourth-order valence-electron chi connectivity index (χ4n) is 3.30. The van der Waals surface area contributed by atoms with Crippen LogP contribution < -0.4 is 21.2 Å². The topological polar surface area (TPSA) is 114 Å². The Bertz CT molecular complexity index is 1010. The van der Waals surface area contributed by atoms with Crippen LogP contribution in [0.3, 0.4) is 0 Å². The molecule has 2 rings (SSSR count). The average molecular weight is 925 g/mol. The number of rotatable bonds is 8. The fourth-order valence-corrected chi connectivity index (χ4v) is 4.86. The first-order chi connectivity index (χ1) is 24.3. The molecule has 0 atom stereocenters. The second kappa shape index (κ2) is 42.5. The van der Waals surface area contributed by atoms with Crippen molar-refractivity contribution < 1.29 is 47.1 Å². The Morgan fingerprint density at radius 1 is 0.453 bits per heavy atom. The van der Waals surface area contributed by atoms with Gasteiger partial charge in [-0.15, -0.1) is 0 Å². The maximum atomic E-state index is 11.0. The Morgan fingerprint density at radius 3 is 0.642 bits per heavy atom. The van der Waals surface area contributed by atoms with E-state index in [0.29, 0.717) is 32.1 Å². The van der Waals surface area contributed by atoms with Crippen LogP contribution in [0.5, 0.6) is 0 Å². The van der Waals surface area contributed by atoms with Crippen LogP contribution in [0.25, 0.3) is 0 Å². The number of benzene rings is 2. The van der Waals surface area contributed by atoms with Crippen molar-refractivity contribution in [3.63, 3.8) is 0 Å². The number of hydrogen-bond acceptors (Lipinski definition) is 6. The van der Waals surface area contributed by atoms with E-state index in [1.165, 1.54) is 27.7 Å². The second-order valence-electron chi connectivity index (χ2n) is 13.1. The first kappa shape index (κ1) is 70.2. The van der Waals surface area contributed by atoms with Crippen molar-refractivity contribution in [1.29, 1.82) is 0 Å². The summed E-state index contributed by atoms with van der Waals surface area (Å²) in [6.45, 7) is 33.3. The molecule has 322 valence electrons. The Labute approximate surface area is 348 Å². The van der Waals surface area contributed by atoms with Crippen molar-refractivity contribution in [2.24, 2.45) is 10.8 Å². The quantitative estimate of drug-likeness (QED) is 0.113. The summed E-state index contributed by atoms with van der Waals surface area (Å²) in [5.74, 6) is 0. The molecule has 2 aromatic rings. The first-order valence-electron chi connectivity index (χ1n) is 19.0. The molecule has 0 aliphatic rings. The molecule has 0 saturated heterocycles. The predicted molar refractivity (Wildman–Crippen MR) is 240 cm³/mol. The van der Waals surface area contributed by atoms with Gasteiger partial charge in [0.05, 0.1) is 28.3 Å². The largest absolute Gasteiger partial charge is 0.748 e. The van der Waals surface area contributed by atoms with Gasteiger partial charge in [0.15, 0.2) is 0 Å². The molecular formula is C43H89IO6S3. The van der Waals surface area contributed by atoms with E-state index in [2.05, 4.69) is 28.6 Å². The third-order valence-corrected chi connectivity index (χ3v) is 11.2. The molecule has 0 fully saturated rings. The molecule has 0 aliphatic heterocycles. The smallest absolute Gasteiger partial charge is 0.261 e. The van der Waals surface area contributed by atoms with Crippen LogP contribution in [0.1, 0.15) is 150 Å². The Kier molecular flexibility index (Phi) is 56.2. The van der Waals surface area contributed by atoms with Crippen molar-refractivity contribution in [3.05, 3.63) is 72.8 Å². The molecule has 0 radical (unpaired) electrons. The van der Waals surface area contributed by atoms with Gasteiger partial charge in [-0.25, -0.2) is 16.8 Å². The second-order valence-corrected chi connectivity index (χ2v) is 21.6. The van der Waals surface area contributed by atoms with E-state index < -0.39 is 40.6 Å². The van der Waals surface area contributed by atoms with Gasteiger partial charge in [0, 0.05) is 0 Å². The molecule has 0 spiro atoms. The zero-order valence-electron chi connectivity index (χ0n) is 38.8. The summed E-state index contributed by atoms with van der Waals surface area (Å²) >= 11 is 0.590. The molecule has 10 heteroatoms. The minimum atomic E-state index is -4.23. The molecule has 0 amide bonds. The van der Waals surface area contributed by atoms with Crippen LogP contribution in [0.4, 0.5) is 0 Å². The molecule has 0 aliphatic carbocycles. The van der Waals surface area contributed by atoms with Crippen molar-refractivity contribution in [3.8, 4) is 0 Å². The summed E-state index contributed by atoms with van der Waals surface area (Å²) < 4.78 is 63.7. The normalized spacial score (nSPS) is 10.5. The lowest BCUT2D eigenvalue weighted by Crippen LogP contribution is -3.59. The standard InChI is InChI=1S/2C9H20O3S.2C6H6.C3H9S.C2H6I.4C2H6/c2*1-6-7-8(2,3)9(4,5)13(10,11)12;2*1-2-4-6-5-3-1;1-4(2)3;1-3-2;4*1-2/h2*6-7H2,1-5H3,(H,10,11,12);2*1-6H;1-3H3;1-2H3;4*1-2H3/q;;;;2*+1;;;;/p-2. The molecule has 2 aromatic carbocycles. The predicted octanol–water partition coefficient (Wildman–Crippen LogP) is 9.58. The summed E-state index contributed by atoms with van der Waals surface area (Å²) in [6.07, 6.45) is 9.82. The lowest BCUT2D eigenvalue weighted by molar-refractivity contribution is -0.597. The zero-order valence-corrected chi connectivity index (χ0v) is 43.4. The molecule has 6 nitrogen and oxygen atoms in total. The van der Waals surface area contributed by atoms with Gasteiger partial charge >= 0.3 is 0 Å². The van der Waals surface area contributed by atoms with Crippen LogP contribution in [0.15, 0.2) is 72.8 Å². The zero-order chi connectivity index (χ0) is 44.6. The Hall–Kier alpha value is -0.660. The monoisotopic (exact) mass is 924 g/mol. The van der Waals surface area contributed by atoms with Gasteiger partial charge in [-0.3, -0.25) is 0 Å². The summed E-state index contributed by atoms with van der Waals surface area (Å²) in [4.78, 5) is 4.47. The molecule has 0 saturated carbocycles. The van der Waals surface area contributed by atoms with E-state index in [9.17, 15) is 25.9 Å². The van der Waals surface area contributed by atoms with Gasteiger partial charge in [0.25, 0.3) is 21.2 Å². The van der Waals surface area contributed by atoms with Crippen LogP contribution in [0.2, 0.25) is 0 Å². The van der Waals surface area contributed by atoms with Gasteiger partial charge in [-0.2, -0.15) is 0 Å². The molecule has 0 unspecified atom stereocenters. The fraction of sp³-hybridized carbons (Fsp3) is 0.721. The van der Waals surface area contributed by atoms with Crippen molar-refractivity contribution >= 4 is 31.1 Å². The lowest BCUT2D eigenvalue weighted by Gasteiger charge is -2.43. The van der Waals surface area contributed by atoms with E-state index in [-0.39, 0.29) is 0 Å². The van der Waals surface area contributed by atoms with Gasteiger partial charge in [0.2, 0.25) is 0 Å². The highest BCUT2D eigenvalue weighted by molar-refractivity contribution is 7.94. The first-order valence-corrected chi connectivity index (χ1v) is 28.6. The van der Waals surface area contributed by atoms with Crippen LogP contribution >= 0.6 is 0 Å². The molecule has 53 heavy (non-hydrogen) atoms. The minimum absolute atomic E-state index is 0.470. The number of alkyl halides is 2. The molecular weight excluding hydrogens is 836 g/mol. The minimum Gasteiger partial charge on any atom is -0.748 e. The Morgan fingerprint density at radius 2 is 0.566 bits per heavy atom. The van der Waals surface area contributed by atoms with Crippen LogP contribution in [-0.4, -0.2) is 64.1 Å². The van der Waals surface area contributed by atoms with Crippen molar-refractivity contribution in [2.75, 3.05) is 28.6 Å². The van der Waals surface area contributed by atoms with Crippen LogP contribution in [0, 0.1) is 10.8 Å². The van der Waals surface area contributed by atoms with Gasteiger partial charge in [0.1, 0.15) is 30.1 Å². The van der Waals surface area contributed by atoms with E-state index in [0.717, 1.165) is 25.7 Å². The van der Waals surface area contributed by atoms with Crippen molar-refractivity contribution in [2.45, 2.75) is 160 Å². The van der Waals surface area contributed by atoms with Gasteiger partial charge in [-0.1, -0.05) is 183 Å². The van der Waals surface area contributed by atoms with Crippen molar-refractivity contribution in [1.82, 2.24) is 0 Å². The third kappa shape index (κ3) is 40.8. The number of halogens is 1. The molecule has 0 aromatic heterocycles. The SMILES string of the molecule is CC.CC.CC.CC.CCCC(C)(C)C(C)(C)S(=O)(=O)[O-].CCCC(C)(C)C(C)(C)S(=O)(=O)[O-].C[I+]C.C[S+](C)C.c1ccccc1.c1ccccc1. The highest BCUT2D eigenvalue weighted by atomic mass is 127. The van der Waals surface area contributed by atoms with E-state index >= 15 is 0 Å². The highest BCUT2D eigenvalue weighted by Crippen LogP contribution is 2.41. The maximum absolute atomic E-state index is 11.0. The Balaban J connectivity index is -0.0000000776. The average Bonchev–Trinajstić information content (AvgIpc) is 3.10. The molecule has 0 N–H and O–H groups in total. The van der Waals surface area contributed by atoms with Crippen LogP contribution in [-0.2, 0) is 31.1 Å². The summed E-state index contributed by atoms with van der Waals surface area (Å²) in [7, 11) is -7.83. The van der Waals surface area contributed by atoms with E-state index in [1.54, 1.807) is 0 Å². The van der Waals surface area contributed by atoms with Gasteiger partial charge in [-0.05, 0) is 62.3 Å². The molecule has 0 bridgehead atoms. The summed E-state index contributed by atoms with van der Waals surface area (Å²) in [5, 5.41) is 0. The van der Waals surface area contributed by atoms with E-state index in [1.807, 2.05) is 170 Å². The summed E-state index contributed by atoms with van der Waals surface area (Å²) in [5.41, 5.74) is -0.940. The number of hydrogen-bond donors (Lipinski definition) is 0. The van der Waals surface area contributed by atoms with Gasteiger partial charge < -0.3 is 9.11 Å². The highest BCUT2D eigenvalue weighted by Gasteiger charge is 2.42. The maximum Gasteiger partial charge on any atom is 0.261 e.